The van der Waals surface area contributed by atoms with Crippen LogP contribution >= 0.6 is 0 Å². The van der Waals surface area contributed by atoms with Crippen LogP contribution in [0.5, 0.6) is 0 Å². The van der Waals surface area contributed by atoms with Crippen LogP contribution in [0.4, 0.5) is 0 Å². The van der Waals surface area contributed by atoms with Gasteiger partial charge < -0.3 is 5.32 Å². The molecule has 0 spiro atoms. The number of hydrogen-bond acceptors (Lipinski definition) is 2. The van der Waals surface area contributed by atoms with Crippen molar-refractivity contribution in [3.05, 3.63) is 35.4 Å². The second-order valence-corrected chi connectivity index (χ2v) is 3.33. The van der Waals surface area contributed by atoms with E-state index in [1.807, 2.05) is 0 Å². The third-order valence-corrected chi connectivity index (χ3v) is 2.25. The van der Waals surface area contributed by atoms with E-state index >= 15 is 0 Å². The van der Waals surface area contributed by atoms with Gasteiger partial charge in [0.1, 0.15) is 0 Å². The second kappa shape index (κ2) is 6.17. The van der Waals surface area contributed by atoms with Gasteiger partial charge in [0.25, 0.3) is 0 Å². The molecule has 74 valence electrons. The van der Waals surface area contributed by atoms with Gasteiger partial charge in [-0.2, -0.15) is 5.26 Å². The molecule has 2 heteroatoms. The maximum Gasteiger partial charge on any atom is 0.0635 e. The molecular weight excluding hydrogens is 172 g/mol. The van der Waals surface area contributed by atoms with Gasteiger partial charge in [0, 0.05) is 13.0 Å². The Hall–Kier alpha value is -1.33. The molecule has 0 fully saturated rings. The fourth-order valence-electron chi connectivity index (χ4n) is 1.38. The Morgan fingerprint density at radius 3 is 2.79 bits per heavy atom. The van der Waals surface area contributed by atoms with Crippen LogP contribution in [-0.4, -0.2) is 13.1 Å². The highest BCUT2D eigenvalue weighted by atomic mass is 14.8. The van der Waals surface area contributed by atoms with Gasteiger partial charge >= 0.3 is 0 Å². The predicted molar refractivity (Wildman–Crippen MR) is 58.0 cm³/mol. The summed E-state index contributed by atoms with van der Waals surface area (Å²) >= 11 is 0. The van der Waals surface area contributed by atoms with E-state index in [0.29, 0.717) is 6.42 Å². The largest absolute Gasteiger partial charge is 0.315 e. The van der Waals surface area contributed by atoms with Gasteiger partial charge in [-0.3, -0.25) is 0 Å². The van der Waals surface area contributed by atoms with Gasteiger partial charge in [-0.15, -0.1) is 0 Å². The molecule has 1 aromatic rings. The standard InChI is InChI=1S/C12H16N2/c1-11-5-2-3-6-12(11)7-10-14-9-4-8-13/h2-3,5-6,14H,4,7,9-10H2,1H3. The molecule has 2 nitrogen and oxygen atoms in total. The number of nitriles is 1. The maximum absolute atomic E-state index is 8.34. The molecule has 1 rings (SSSR count). The van der Waals surface area contributed by atoms with Crippen LogP contribution in [0, 0.1) is 18.3 Å². The van der Waals surface area contributed by atoms with Crippen molar-refractivity contribution in [2.75, 3.05) is 13.1 Å². The van der Waals surface area contributed by atoms with Crippen molar-refractivity contribution in [2.24, 2.45) is 0 Å². The van der Waals surface area contributed by atoms with Crippen molar-refractivity contribution in [3.63, 3.8) is 0 Å². The number of benzene rings is 1. The first kappa shape index (κ1) is 10.7. The first-order valence-corrected chi connectivity index (χ1v) is 4.97. The van der Waals surface area contributed by atoms with Crippen molar-refractivity contribution in [3.8, 4) is 6.07 Å². The van der Waals surface area contributed by atoms with E-state index in [9.17, 15) is 0 Å². The monoisotopic (exact) mass is 188 g/mol. The number of rotatable bonds is 5. The molecule has 0 heterocycles. The summed E-state index contributed by atoms with van der Waals surface area (Å²) in [6.45, 7) is 3.87. The Kier molecular flexibility index (Phi) is 4.74. The van der Waals surface area contributed by atoms with Crippen LogP contribution in [0.25, 0.3) is 0 Å². The zero-order valence-electron chi connectivity index (χ0n) is 8.59. The topological polar surface area (TPSA) is 35.8 Å². The highest BCUT2D eigenvalue weighted by molar-refractivity contribution is 5.25. The lowest BCUT2D eigenvalue weighted by Gasteiger charge is -2.05. The minimum atomic E-state index is 0.591. The molecule has 14 heavy (non-hydrogen) atoms. The maximum atomic E-state index is 8.34. The van der Waals surface area contributed by atoms with Crippen LogP contribution in [0.2, 0.25) is 0 Å². The van der Waals surface area contributed by atoms with E-state index in [1.54, 1.807) is 0 Å². The summed E-state index contributed by atoms with van der Waals surface area (Å²) in [6.07, 6.45) is 1.63. The molecule has 0 aliphatic rings. The molecule has 0 atom stereocenters. The fourth-order valence-corrected chi connectivity index (χ4v) is 1.38. The van der Waals surface area contributed by atoms with Crippen LogP contribution in [0.15, 0.2) is 24.3 Å². The lowest BCUT2D eigenvalue weighted by molar-refractivity contribution is 0.691. The van der Waals surface area contributed by atoms with Crippen LogP contribution in [0.1, 0.15) is 17.5 Å². The van der Waals surface area contributed by atoms with Crippen molar-refractivity contribution in [2.45, 2.75) is 19.8 Å². The summed E-state index contributed by atoms with van der Waals surface area (Å²) in [5.41, 5.74) is 2.73. The summed E-state index contributed by atoms with van der Waals surface area (Å²) in [5.74, 6) is 0. The first-order chi connectivity index (χ1) is 6.84. The summed E-state index contributed by atoms with van der Waals surface area (Å²) in [6, 6.07) is 10.5. The lowest BCUT2D eigenvalue weighted by atomic mass is 10.1. The van der Waals surface area contributed by atoms with E-state index in [-0.39, 0.29) is 0 Å². The molecule has 1 N–H and O–H groups in total. The molecule has 0 aliphatic carbocycles. The highest BCUT2D eigenvalue weighted by Gasteiger charge is 1.95. The molecule has 0 saturated carbocycles. The summed E-state index contributed by atoms with van der Waals surface area (Å²) in [5, 5.41) is 11.6. The minimum Gasteiger partial charge on any atom is -0.315 e. The molecular formula is C12H16N2. The summed E-state index contributed by atoms with van der Waals surface area (Å²) in [4.78, 5) is 0. The summed E-state index contributed by atoms with van der Waals surface area (Å²) in [7, 11) is 0. The fraction of sp³-hybridized carbons (Fsp3) is 0.417. The van der Waals surface area contributed by atoms with Gasteiger partial charge in [0.2, 0.25) is 0 Å². The second-order valence-electron chi connectivity index (χ2n) is 3.33. The third-order valence-electron chi connectivity index (χ3n) is 2.25. The SMILES string of the molecule is Cc1ccccc1CCNCCC#N. The highest BCUT2D eigenvalue weighted by Crippen LogP contribution is 2.06. The zero-order chi connectivity index (χ0) is 10.2. The Morgan fingerprint density at radius 2 is 2.07 bits per heavy atom. The normalized spacial score (nSPS) is 9.71. The van der Waals surface area contributed by atoms with Gasteiger partial charge in [-0.25, -0.2) is 0 Å². The van der Waals surface area contributed by atoms with Crippen molar-refractivity contribution < 1.29 is 0 Å². The average molecular weight is 188 g/mol. The van der Waals surface area contributed by atoms with Crippen molar-refractivity contribution in [1.29, 1.82) is 5.26 Å². The average Bonchev–Trinajstić information content (AvgIpc) is 2.20. The number of hydrogen-bond donors (Lipinski definition) is 1. The number of nitrogens with zero attached hydrogens (tertiary/aromatic N) is 1. The van der Waals surface area contributed by atoms with E-state index in [1.165, 1.54) is 11.1 Å². The Balaban J connectivity index is 2.25. The first-order valence-electron chi connectivity index (χ1n) is 4.97. The molecule has 0 aliphatic heterocycles. The molecule has 0 bridgehead atoms. The molecule has 0 radical (unpaired) electrons. The number of nitrogens with one attached hydrogen (secondary N) is 1. The Bertz CT molecular complexity index is 312. The smallest absolute Gasteiger partial charge is 0.0635 e. The quantitative estimate of drug-likeness (QED) is 0.718. The van der Waals surface area contributed by atoms with Crippen LogP contribution < -0.4 is 5.32 Å². The lowest BCUT2D eigenvalue weighted by Crippen LogP contribution is -2.18. The third kappa shape index (κ3) is 3.59. The van der Waals surface area contributed by atoms with Gasteiger partial charge in [-0.05, 0) is 31.0 Å². The molecule has 0 saturated heterocycles. The molecule has 0 unspecified atom stereocenters. The van der Waals surface area contributed by atoms with E-state index in [4.69, 9.17) is 5.26 Å². The van der Waals surface area contributed by atoms with Crippen molar-refractivity contribution in [1.82, 2.24) is 5.32 Å². The molecule has 0 amide bonds. The number of aryl methyl sites for hydroxylation is 1. The van der Waals surface area contributed by atoms with Crippen LogP contribution in [0.3, 0.4) is 0 Å². The van der Waals surface area contributed by atoms with Gasteiger partial charge in [0.05, 0.1) is 6.07 Å². The minimum absolute atomic E-state index is 0.591. The van der Waals surface area contributed by atoms with Gasteiger partial charge in [-0.1, -0.05) is 24.3 Å². The predicted octanol–water partition coefficient (Wildman–Crippen LogP) is 2.04. The van der Waals surface area contributed by atoms with Crippen LogP contribution in [-0.2, 0) is 6.42 Å². The van der Waals surface area contributed by atoms with E-state index in [0.717, 1.165) is 19.5 Å². The Morgan fingerprint density at radius 1 is 1.29 bits per heavy atom. The van der Waals surface area contributed by atoms with E-state index in [2.05, 4.69) is 42.6 Å². The molecule has 1 aromatic carbocycles. The van der Waals surface area contributed by atoms with Gasteiger partial charge in [0.15, 0.2) is 0 Å². The summed E-state index contributed by atoms with van der Waals surface area (Å²) < 4.78 is 0. The van der Waals surface area contributed by atoms with Crippen molar-refractivity contribution >= 4 is 0 Å². The zero-order valence-corrected chi connectivity index (χ0v) is 8.59. The molecule has 0 aromatic heterocycles. The Labute approximate surface area is 85.6 Å². The van der Waals surface area contributed by atoms with E-state index < -0.39 is 0 Å².